The van der Waals surface area contributed by atoms with Crippen LogP contribution in [0.1, 0.15) is 25.5 Å². The lowest BCUT2D eigenvalue weighted by Crippen LogP contribution is -2.45. The summed E-state index contributed by atoms with van der Waals surface area (Å²) in [5.74, 6) is 0.830. The van der Waals surface area contributed by atoms with Crippen molar-refractivity contribution in [3.63, 3.8) is 0 Å². The number of nitrogens with one attached hydrogen (secondary N) is 2. The molecule has 0 aromatic heterocycles. The first-order chi connectivity index (χ1) is 11.0. The van der Waals surface area contributed by atoms with Gasteiger partial charge in [0.05, 0.1) is 32.4 Å². The van der Waals surface area contributed by atoms with Crippen LogP contribution in [0.5, 0.6) is 11.5 Å². The molecule has 6 nitrogen and oxygen atoms in total. The summed E-state index contributed by atoms with van der Waals surface area (Å²) in [4.78, 5) is 12.1. The van der Waals surface area contributed by atoms with Crippen molar-refractivity contribution in [3.05, 3.63) is 35.0 Å². The van der Waals surface area contributed by atoms with Gasteiger partial charge in [0.25, 0.3) is 0 Å². The molecule has 0 radical (unpaired) electrons. The standard InChI is InChI=1S/C16H20N2O4S/c1-5-22-11-7-6-10(8-12(11)20-3)14-13(15(19)21-4)9(2)17-16(23)18-14/h6-8,14H,5H2,1-4H3,(H2,17,18,23)/t14-/m1/s1. The molecular formula is C16H20N2O4S. The van der Waals surface area contributed by atoms with Gasteiger partial charge in [-0.1, -0.05) is 6.07 Å². The van der Waals surface area contributed by atoms with Crippen LogP contribution in [-0.4, -0.2) is 31.9 Å². The Morgan fingerprint density at radius 2 is 2.04 bits per heavy atom. The number of methoxy groups -OCH3 is 2. The number of ether oxygens (including phenoxy) is 3. The van der Waals surface area contributed by atoms with Crippen LogP contribution in [0.25, 0.3) is 0 Å². The predicted molar refractivity (Wildman–Crippen MR) is 90.5 cm³/mol. The maximum Gasteiger partial charge on any atom is 0.337 e. The van der Waals surface area contributed by atoms with Gasteiger partial charge in [0.15, 0.2) is 16.6 Å². The van der Waals surface area contributed by atoms with Gasteiger partial charge in [0.1, 0.15) is 0 Å². The lowest BCUT2D eigenvalue weighted by atomic mass is 9.95. The van der Waals surface area contributed by atoms with Gasteiger partial charge in [0, 0.05) is 5.70 Å². The number of rotatable bonds is 5. The summed E-state index contributed by atoms with van der Waals surface area (Å²) in [7, 11) is 2.93. The SMILES string of the molecule is CCOc1ccc([C@H]2NC(=S)NC(C)=C2C(=O)OC)cc1OC. The van der Waals surface area contributed by atoms with Gasteiger partial charge in [-0.05, 0) is 43.8 Å². The second-order valence-electron chi connectivity index (χ2n) is 4.91. The van der Waals surface area contributed by atoms with Gasteiger partial charge < -0.3 is 24.8 Å². The van der Waals surface area contributed by atoms with Crippen LogP contribution in [0.3, 0.4) is 0 Å². The minimum atomic E-state index is -0.416. The summed E-state index contributed by atoms with van der Waals surface area (Å²) < 4.78 is 15.8. The fraction of sp³-hybridized carbons (Fsp3) is 0.375. The molecule has 1 aromatic rings. The highest BCUT2D eigenvalue weighted by Crippen LogP contribution is 2.34. The van der Waals surface area contributed by atoms with E-state index < -0.39 is 12.0 Å². The van der Waals surface area contributed by atoms with E-state index in [1.165, 1.54) is 7.11 Å². The molecule has 0 aliphatic carbocycles. The number of thiocarbonyl (C=S) groups is 1. The molecule has 1 heterocycles. The molecule has 1 aromatic carbocycles. The third-order valence-corrected chi connectivity index (χ3v) is 3.72. The maximum absolute atomic E-state index is 12.1. The Hall–Kier alpha value is -2.28. The van der Waals surface area contributed by atoms with Crippen molar-refractivity contribution >= 4 is 23.3 Å². The molecule has 0 unspecified atom stereocenters. The van der Waals surface area contributed by atoms with E-state index in [2.05, 4.69) is 10.6 Å². The summed E-state index contributed by atoms with van der Waals surface area (Å²) in [6.45, 7) is 4.23. The Kier molecular flexibility index (Phi) is 5.44. The summed E-state index contributed by atoms with van der Waals surface area (Å²) >= 11 is 5.20. The molecule has 0 amide bonds. The van der Waals surface area contributed by atoms with Crippen LogP contribution >= 0.6 is 12.2 Å². The molecule has 2 N–H and O–H groups in total. The van der Waals surface area contributed by atoms with Crippen LogP contribution < -0.4 is 20.1 Å². The fourth-order valence-electron chi connectivity index (χ4n) is 2.46. The smallest absolute Gasteiger partial charge is 0.337 e. The minimum absolute atomic E-state index is 0.414. The lowest BCUT2D eigenvalue weighted by molar-refractivity contribution is -0.136. The first kappa shape index (κ1) is 17.1. The Labute approximate surface area is 140 Å². The molecule has 2 rings (SSSR count). The van der Waals surface area contributed by atoms with E-state index in [1.807, 2.05) is 25.1 Å². The monoisotopic (exact) mass is 336 g/mol. The van der Waals surface area contributed by atoms with Gasteiger partial charge in [-0.25, -0.2) is 4.79 Å². The molecule has 7 heteroatoms. The largest absolute Gasteiger partial charge is 0.493 e. The van der Waals surface area contributed by atoms with Crippen LogP contribution in [0, 0.1) is 0 Å². The maximum atomic E-state index is 12.1. The zero-order valence-electron chi connectivity index (χ0n) is 13.6. The zero-order valence-corrected chi connectivity index (χ0v) is 14.4. The van der Waals surface area contributed by atoms with E-state index in [9.17, 15) is 4.79 Å². The third-order valence-electron chi connectivity index (χ3n) is 3.50. The van der Waals surface area contributed by atoms with E-state index >= 15 is 0 Å². The van der Waals surface area contributed by atoms with Gasteiger partial charge in [-0.3, -0.25) is 0 Å². The molecule has 0 saturated carbocycles. The van der Waals surface area contributed by atoms with Crippen LogP contribution in [0.4, 0.5) is 0 Å². The van der Waals surface area contributed by atoms with Crippen LogP contribution in [-0.2, 0) is 9.53 Å². The molecule has 1 atom stereocenters. The van der Waals surface area contributed by atoms with E-state index in [0.29, 0.717) is 34.5 Å². The number of hydrogen-bond acceptors (Lipinski definition) is 5. The second kappa shape index (κ2) is 7.32. The van der Waals surface area contributed by atoms with Gasteiger partial charge >= 0.3 is 5.97 Å². The Balaban J connectivity index is 2.47. The van der Waals surface area contributed by atoms with Crippen molar-refractivity contribution in [1.29, 1.82) is 0 Å². The molecule has 0 fully saturated rings. The molecule has 0 saturated heterocycles. The Morgan fingerprint density at radius 1 is 1.30 bits per heavy atom. The summed E-state index contributed by atoms with van der Waals surface area (Å²) in [5.41, 5.74) is 1.97. The summed E-state index contributed by atoms with van der Waals surface area (Å²) in [5, 5.41) is 6.50. The molecule has 1 aliphatic rings. The molecule has 1 aliphatic heterocycles. The molecule has 0 spiro atoms. The summed E-state index contributed by atoms with van der Waals surface area (Å²) in [6, 6.07) is 5.09. The van der Waals surface area contributed by atoms with Crippen molar-refractivity contribution in [3.8, 4) is 11.5 Å². The highest BCUT2D eigenvalue weighted by atomic mass is 32.1. The van der Waals surface area contributed by atoms with Crippen molar-refractivity contribution in [2.24, 2.45) is 0 Å². The predicted octanol–water partition coefficient (Wildman–Crippen LogP) is 2.06. The molecule has 23 heavy (non-hydrogen) atoms. The molecular weight excluding hydrogens is 316 g/mol. The zero-order chi connectivity index (χ0) is 17.0. The first-order valence-electron chi connectivity index (χ1n) is 7.19. The van der Waals surface area contributed by atoms with E-state index in [4.69, 9.17) is 26.4 Å². The van der Waals surface area contributed by atoms with Gasteiger partial charge in [-0.15, -0.1) is 0 Å². The number of carbonyl (C=O) groups is 1. The van der Waals surface area contributed by atoms with E-state index in [0.717, 1.165) is 5.56 Å². The summed E-state index contributed by atoms with van der Waals surface area (Å²) in [6.07, 6.45) is 0. The fourth-order valence-corrected chi connectivity index (χ4v) is 2.73. The normalized spacial score (nSPS) is 17.2. The second-order valence-corrected chi connectivity index (χ2v) is 5.31. The number of allylic oxidation sites excluding steroid dienone is 1. The first-order valence-corrected chi connectivity index (χ1v) is 7.60. The highest BCUT2D eigenvalue weighted by Gasteiger charge is 2.31. The van der Waals surface area contributed by atoms with Gasteiger partial charge in [-0.2, -0.15) is 0 Å². The quantitative estimate of drug-likeness (QED) is 0.630. The number of carbonyl (C=O) groups excluding carboxylic acids is 1. The minimum Gasteiger partial charge on any atom is -0.493 e. The van der Waals surface area contributed by atoms with Crippen molar-refractivity contribution < 1.29 is 19.0 Å². The average Bonchev–Trinajstić information content (AvgIpc) is 2.54. The van der Waals surface area contributed by atoms with Crippen molar-refractivity contribution in [1.82, 2.24) is 10.6 Å². The Bertz CT molecular complexity index is 657. The Morgan fingerprint density at radius 3 is 2.65 bits per heavy atom. The van der Waals surface area contributed by atoms with Crippen LogP contribution in [0.2, 0.25) is 0 Å². The van der Waals surface area contributed by atoms with Crippen molar-refractivity contribution in [2.45, 2.75) is 19.9 Å². The van der Waals surface area contributed by atoms with Crippen molar-refractivity contribution in [2.75, 3.05) is 20.8 Å². The average molecular weight is 336 g/mol. The number of hydrogen-bond donors (Lipinski definition) is 2. The number of esters is 1. The highest BCUT2D eigenvalue weighted by molar-refractivity contribution is 7.80. The lowest BCUT2D eigenvalue weighted by Gasteiger charge is -2.29. The molecule has 124 valence electrons. The molecule has 0 bridgehead atoms. The van der Waals surface area contributed by atoms with Gasteiger partial charge in [0.2, 0.25) is 0 Å². The number of benzene rings is 1. The van der Waals surface area contributed by atoms with Crippen LogP contribution in [0.15, 0.2) is 29.5 Å². The van der Waals surface area contributed by atoms with E-state index in [1.54, 1.807) is 14.0 Å². The topological polar surface area (TPSA) is 68.8 Å². The van der Waals surface area contributed by atoms with E-state index in [-0.39, 0.29) is 0 Å². The third kappa shape index (κ3) is 3.56.